The predicted octanol–water partition coefficient (Wildman–Crippen LogP) is 1.20. The molecule has 1 aromatic heterocycles. The Balaban J connectivity index is 2.17. The summed E-state index contributed by atoms with van der Waals surface area (Å²) in [6, 6.07) is 8.39. The summed E-state index contributed by atoms with van der Waals surface area (Å²) in [5.74, 6) is -0.192. The Morgan fingerprint density at radius 3 is 2.32 bits per heavy atom. The van der Waals surface area contributed by atoms with Crippen LogP contribution >= 0.6 is 0 Å². The minimum absolute atomic E-state index is 0.104. The molecule has 0 atom stereocenters. The molecule has 1 amide bonds. The number of amides is 1. The van der Waals surface area contributed by atoms with Gasteiger partial charge in [0, 0.05) is 39.6 Å². The van der Waals surface area contributed by atoms with Crippen LogP contribution < -0.4 is 0 Å². The van der Waals surface area contributed by atoms with Gasteiger partial charge in [0.05, 0.1) is 24.5 Å². The second-order valence-corrected chi connectivity index (χ2v) is 8.05. The number of benzene rings is 1. The molecule has 2 aromatic rings. The van der Waals surface area contributed by atoms with E-state index in [9.17, 15) is 13.2 Å². The largest absolute Gasteiger partial charge is 0.378 e. The Labute approximate surface area is 147 Å². The minimum atomic E-state index is -3.70. The lowest BCUT2D eigenvalue weighted by atomic mass is 10.1. The summed E-state index contributed by atoms with van der Waals surface area (Å²) in [6.45, 7) is 1.96. The Hall–Kier alpha value is -2.16. The number of ether oxygens (including phenoxy) is 1. The number of morpholine rings is 1. The zero-order valence-corrected chi connectivity index (χ0v) is 15.1. The maximum atomic E-state index is 13.0. The maximum Gasteiger partial charge on any atom is 0.256 e. The van der Waals surface area contributed by atoms with E-state index in [0.29, 0.717) is 37.6 Å². The molecular formula is C17H21N3O4S. The normalized spacial score (nSPS) is 15.6. The first kappa shape index (κ1) is 17.7. The molecule has 0 unspecified atom stereocenters. The average Bonchev–Trinajstić information content (AvgIpc) is 3.15. The number of nitrogens with zero attached hydrogens (tertiary/aromatic N) is 3. The maximum absolute atomic E-state index is 13.0. The van der Waals surface area contributed by atoms with Gasteiger partial charge in [0.25, 0.3) is 5.91 Å². The van der Waals surface area contributed by atoms with Crippen molar-refractivity contribution in [2.24, 2.45) is 0 Å². The van der Waals surface area contributed by atoms with Crippen molar-refractivity contribution in [2.45, 2.75) is 4.90 Å². The van der Waals surface area contributed by atoms with Crippen LogP contribution in [0.4, 0.5) is 0 Å². The van der Waals surface area contributed by atoms with Gasteiger partial charge in [-0.3, -0.25) is 4.79 Å². The van der Waals surface area contributed by atoms with Crippen molar-refractivity contribution in [3.05, 3.63) is 48.3 Å². The highest BCUT2D eigenvalue weighted by Crippen LogP contribution is 2.27. The quantitative estimate of drug-likeness (QED) is 0.818. The van der Waals surface area contributed by atoms with E-state index in [1.54, 1.807) is 46.1 Å². The number of hydrogen-bond acceptors (Lipinski definition) is 4. The number of rotatable bonds is 4. The van der Waals surface area contributed by atoms with Crippen LogP contribution in [0, 0.1) is 0 Å². The van der Waals surface area contributed by atoms with E-state index >= 15 is 0 Å². The Morgan fingerprint density at radius 2 is 1.72 bits per heavy atom. The summed E-state index contributed by atoms with van der Waals surface area (Å²) in [5, 5.41) is 0. The molecule has 25 heavy (non-hydrogen) atoms. The lowest BCUT2D eigenvalue weighted by Crippen LogP contribution is -2.41. The van der Waals surface area contributed by atoms with Crippen molar-refractivity contribution in [1.82, 2.24) is 13.8 Å². The molecule has 1 fully saturated rings. The van der Waals surface area contributed by atoms with Gasteiger partial charge in [-0.25, -0.2) is 12.7 Å². The summed E-state index contributed by atoms with van der Waals surface area (Å²) in [6.07, 6.45) is 3.47. The molecule has 1 aliphatic rings. The van der Waals surface area contributed by atoms with E-state index in [0.717, 1.165) is 4.31 Å². The predicted molar refractivity (Wildman–Crippen MR) is 93.4 cm³/mol. The Kier molecular flexibility index (Phi) is 4.94. The fourth-order valence-electron chi connectivity index (χ4n) is 2.79. The summed E-state index contributed by atoms with van der Waals surface area (Å²) in [7, 11) is -0.748. The van der Waals surface area contributed by atoms with Crippen LogP contribution in [0.15, 0.2) is 47.6 Å². The van der Waals surface area contributed by atoms with Gasteiger partial charge in [0.2, 0.25) is 10.0 Å². The summed E-state index contributed by atoms with van der Waals surface area (Å²) in [4.78, 5) is 14.8. The first-order chi connectivity index (χ1) is 11.9. The zero-order valence-electron chi connectivity index (χ0n) is 14.3. The number of carbonyl (C=O) groups is 1. The number of sulfonamides is 1. The van der Waals surface area contributed by atoms with Crippen LogP contribution in [0.1, 0.15) is 10.4 Å². The van der Waals surface area contributed by atoms with Gasteiger partial charge in [-0.15, -0.1) is 0 Å². The van der Waals surface area contributed by atoms with E-state index in [4.69, 9.17) is 4.74 Å². The molecule has 3 rings (SSSR count). The van der Waals surface area contributed by atoms with Gasteiger partial charge < -0.3 is 14.2 Å². The minimum Gasteiger partial charge on any atom is -0.378 e. The smallest absolute Gasteiger partial charge is 0.256 e. The summed E-state index contributed by atoms with van der Waals surface area (Å²) in [5.41, 5.74) is 0.735. The average molecular weight is 363 g/mol. The fourth-order valence-corrected chi connectivity index (χ4v) is 3.89. The molecule has 0 saturated carbocycles. The topological polar surface area (TPSA) is 71.8 Å². The lowest BCUT2D eigenvalue weighted by molar-refractivity contribution is 0.0302. The van der Waals surface area contributed by atoms with Crippen LogP contribution in [0.25, 0.3) is 5.69 Å². The molecule has 0 radical (unpaired) electrons. The number of para-hydroxylation sites is 1. The second-order valence-electron chi connectivity index (χ2n) is 5.93. The van der Waals surface area contributed by atoms with E-state index in [1.807, 2.05) is 0 Å². The third-order valence-electron chi connectivity index (χ3n) is 4.15. The monoisotopic (exact) mass is 363 g/mol. The van der Waals surface area contributed by atoms with Gasteiger partial charge in [-0.1, -0.05) is 6.07 Å². The van der Waals surface area contributed by atoms with Gasteiger partial charge in [0.1, 0.15) is 4.90 Å². The van der Waals surface area contributed by atoms with Crippen molar-refractivity contribution < 1.29 is 17.9 Å². The fraction of sp³-hybridized carbons (Fsp3) is 0.353. The molecule has 0 aliphatic carbocycles. The SMILES string of the molecule is CN(C)S(=O)(=O)c1cccc(C(=O)N2CCOCC2)c1-n1cccc1. The molecule has 0 spiro atoms. The number of carbonyl (C=O) groups excluding carboxylic acids is 1. The Morgan fingerprint density at radius 1 is 1.08 bits per heavy atom. The van der Waals surface area contributed by atoms with Gasteiger partial charge >= 0.3 is 0 Å². The summed E-state index contributed by atoms with van der Waals surface area (Å²) >= 11 is 0. The van der Waals surface area contributed by atoms with E-state index in [1.165, 1.54) is 20.2 Å². The van der Waals surface area contributed by atoms with E-state index < -0.39 is 10.0 Å². The van der Waals surface area contributed by atoms with Crippen molar-refractivity contribution in [3.8, 4) is 5.69 Å². The highest BCUT2D eigenvalue weighted by molar-refractivity contribution is 7.89. The van der Waals surface area contributed by atoms with Crippen LogP contribution in [0.3, 0.4) is 0 Å². The molecule has 1 aliphatic heterocycles. The van der Waals surface area contributed by atoms with Gasteiger partial charge in [0.15, 0.2) is 0 Å². The number of hydrogen-bond donors (Lipinski definition) is 0. The van der Waals surface area contributed by atoms with Crippen molar-refractivity contribution in [1.29, 1.82) is 0 Å². The van der Waals surface area contributed by atoms with Crippen LogP contribution in [0.5, 0.6) is 0 Å². The second kappa shape index (κ2) is 6.99. The first-order valence-electron chi connectivity index (χ1n) is 7.99. The van der Waals surface area contributed by atoms with E-state index in [-0.39, 0.29) is 10.8 Å². The number of aromatic nitrogens is 1. The molecule has 8 heteroatoms. The summed E-state index contributed by atoms with van der Waals surface area (Å²) < 4.78 is 33.7. The van der Waals surface area contributed by atoms with Crippen molar-refractivity contribution >= 4 is 15.9 Å². The molecular weight excluding hydrogens is 342 g/mol. The van der Waals surface area contributed by atoms with Crippen molar-refractivity contribution in [2.75, 3.05) is 40.4 Å². The van der Waals surface area contributed by atoms with Crippen LogP contribution in [0.2, 0.25) is 0 Å². The molecule has 1 aromatic carbocycles. The standard InChI is InChI=1S/C17H21N3O4S/c1-18(2)25(22,23)15-7-5-6-14(16(15)19-8-3-4-9-19)17(21)20-10-12-24-13-11-20/h3-9H,10-13H2,1-2H3. The molecule has 0 N–H and O–H groups in total. The van der Waals surface area contributed by atoms with Gasteiger partial charge in [-0.05, 0) is 24.3 Å². The third kappa shape index (κ3) is 3.33. The van der Waals surface area contributed by atoms with Crippen molar-refractivity contribution in [3.63, 3.8) is 0 Å². The lowest BCUT2D eigenvalue weighted by Gasteiger charge is -2.28. The van der Waals surface area contributed by atoms with Gasteiger partial charge in [-0.2, -0.15) is 0 Å². The molecule has 2 heterocycles. The third-order valence-corrected chi connectivity index (χ3v) is 6.00. The molecule has 0 bridgehead atoms. The molecule has 1 saturated heterocycles. The Bertz CT molecular complexity index is 854. The zero-order chi connectivity index (χ0) is 18.0. The highest BCUT2D eigenvalue weighted by Gasteiger charge is 2.28. The van der Waals surface area contributed by atoms with Crippen LogP contribution in [-0.2, 0) is 14.8 Å². The molecule has 134 valence electrons. The first-order valence-corrected chi connectivity index (χ1v) is 9.43. The highest BCUT2D eigenvalue weighted by atomic mass is 32.2. The van der Waals surface area contributed by atoms with Crippen LogP contribution in [-0.4, -0.2) is 68.5 Å². The van der Waals surface area contributed by atoms with E-state index in [2.05, 4.69) is 0 Å². The molecule has 7 nitrogen and oxygen atoms in total.